The van der Waals surface area contributed by atoms with Gasteiger partial charge >= 0.3 is 5.97 Å². The first-order chi connectivity index (χ1) is 7.34. The smallest absolute Gasteiger partial charge is 0.339 e. The Morgan fingerprint density at radius 3 is 2.00 bits per heavy atom. The molecule has 0 fully saturated rings. The molecule has 0 saturated heterocycles. The molecule has 4 heteroatoms. The second kappa shape index (κ2) is 6.16. The molecule has 2 N–H and O–H groups in total. The van der Waals surface area contributed by atoms with Crippen molar-refractivity contribution in [2.75, 3.05) is 0 Å². The third kappa shape index (κ3) is 3.54. The van der Waals surface area contributed by atoms with Gasteiger partial charge in [-0.3, -0.25) is 0 Å². The summed E-state index contributed by atoms with van der Waals surface area (Å²) in [5.74, 6) is -0.832. The number of carboxylic acid groups (broad SMARTS) is 1. The van der Waals surface area contributed by atoms with Crippen LogP contribution in [-0.4, -0.2) is 16.2 Å². The Morgan fingerprint density at radius 1 is 1.12 bits per heavy atom. The van der Waals surface area contributed by atoms with Crippen LogP contribution in [0.15, 0.2) is 12.1 Å². The largest absolute Gasteiger partial charge is 0.507 e. The summed E-state index contributed by atoms with van der Waals surface area (Å²) in [5.41, 5.74) is 1.64. The first kappa shape index (κ1) is 16.1. The van der Waals surface area contributed by atoms with Crippen molar-refractivity contribution >= 4 is 5.97 Å². The zero-order valence-corrected chi connectivity index (χ0v) is 13.8. The number of hydrogen-bond donors (Lipinski definition) is 2. The number of benzene rings is 1. The molecular weight excluding hydrogens is 270 g/mol. The van der Waals surface area contributed by atoms with Gasteiger partial charge in [0.15, 0.2) is 0 Å². The summed E-state index contributed by atoms with van der Waals surface area (Å²) < 4.78 is 0. The molecule has 17 heavy (non-hydrogen) atoms. The number of aromatic hydroxyl groups is 1. The molecule has 0 heterocycles. The fraction of sp³-hybridized carbons (Fsp3) is 0.462. The van der Waals surface area contributed by atoms with Crippen LogP contribution < -0.4 is 0 Å². The Morgan fingerprint density at radius 2 is 1.65 bits per heavy atom. The summed E-state index contributed by atoms with van der Waals surface area (Å²) in [4.78, 5) is 11.0. The number of hydrogen-bond acceptors (Lipinski definition) is 2. The van der Waals surface area contributed by atoms with E-state index in [1.165, 1.54) is 0 Å². The van der Waals surface area contributed by atoms with Gasteiger partial charge in [0.05, 0.1) is 0 Å². The molecule has 0 bridgehead atoms. The second-order valence-electron chi connectivity index (χ2n) is 4.62. The normalized spacial score (nSPS) is 10.5. The summed E-state index contributed by atoms with van der Waals surface area (Å²) >= 11 is 0. The Kier molecular flexibility index (Phi) is 5.84. The van der Waals surface area contributed by atoms with Gasteiger partial charge in [-0.2, -0.15) is 0 Å². The molecule has 0 unspecified atom stereocenters. The van der Waals surface area contributed by atoms with E-state index in [2.05, 4.69) is 0 Å². The molecule has 90 valence electrons. The molecule has 0 radical (unpaired) electrons. The maximum Gasteiger partial charge on any atom is 0.339 e. The molecular formula is C13H18O3Zn. The number of phenols is 1. The topological polar surface area (TPSA) is 57.5 Å². The second-order valence-corrected chi connectivity index (χ2v) is 4.62. The summed E-state index contributed by atoms with van der Waals surface area (Å²) in [6.07, 6.45) is 0. The van der Waals surface area contributed by atoms with Gasteiger partial charge in [-0.15, -0.1) is 0 Å². The number of carbonyl (C=O) groups is 1. The summed E-state index contributed by atoms with van der Waals surface area (Å²) in [6, 6.07) is 3.44. The summed E-state index contributed by atoms with van der Waals surface area (Å²) in [6.45, 7) is 7.87. The Bertz CT molecular complexity index is 411. The van der Waals surface area contributed by atoms with Crippen molar-refractivity contribution in [3.63, 3.8) is 0 Å². The Hall–Kier alpha value is -0.887. The maximum atomic E-state index is 11.0. The van der Waals surface area contributed by atoms with E-state index in [1.807, 2.05) is 33.8 Å². The molecule has 3 nitrogen and oxygen atoms in total. The van der Waals surface area contributed by atoms with E-state index in [0.717, 1.165) is 5.56 Å². The van der Waals surface area contributed by atoms with E-state index in [-0.39, 0.29) is 42.6 Å². The van der Waals surface area contributed by atoms with Crippen molar-refractivity contribution < 1.29 is 34.5 Å². The van der Waals surface area contributed by atoms with Gasteiger partial charge in [-0.05, 0) is 29.0 Å². The van der Waals surface area contributed by atoms with Crippen molar-refractivity contribution in [1.82, 2.24) is 0 Å². The van der Waals surface area contributed by atoms with Gasteiger partial charge in [-0.1, -0.05) is 33.8 Å². The molecule has 1 rings (SSSR count). The van der Waals surface area contributed by atoms with Crippen molar-refractivity contribution in [3.8, 4) is 5.75 Å². The molecule has 0 aromatic heterocycles. The number of carboxylic acids is 1. The van der Waals surface area contributed by atoms with Gasteiger partial charge in [-0.25, -0.2) is 4.79 Å². The van der Waals surface area contributed by atoms with Crippen LogP contribution in [0.1, 0.15) is 61.0 Å². The third-order valence-electron chi connectivity index (χ3n) is 2.68. The SMILES string of the molecule is CC(C)c1cc(C(=O)O)c(O)c(C(C)C)c1.[Zn]. The standard InChI is InChI=1S/C13H18O3.Zn/c1-7(2)9-5-10(8(3)4)12(14)11(6-9)13(15)16;/h5-8,14H,1-4H3,(H,15,16);. The van der Waals surface area contributed by atoms with Gasteiger partial charge < -0.3 is 10.2 Å². The summed E-state index contributed by atoms with van der Waals surface area (Å²) in [5, 5.41) is 18.9. The van der Waals surface area contributed by atoms with Crippen LogP contribution in [0.5, 0.6) is 5.75 Å². The van der Waals surface area contributed by atoms with Crippen LogP contribution in [0.3, 0.4) is 0 Å². The zero-order valence-electron chi connectivity index (χ0n) is 10.8. The molecule has 0 saturated carbocycles. The first-order valence-electron chi connectivity index (χ1n) is 5.44. The van der Waals surface area contributed by atoms with Gasteiger partial charge in [0.25, 0.3) is 0 Å². The molecule has 1 aromatic carbocycles. The Balaban J connectivity index is 0.00000256. The molecule has 0 amide bonds. The number of aromatic carboxylic acids is 1. The minimum atomic E-state index is -1.08. The molecule has 1 aromatic rings. The van der Waals surface area contributed by atoms with Gasteiger partial charge in [0, 0.05) is 19.5 Å². The van der Waals surface area contributed by atoms with E-state index in [4.69, 9.17) is 5.11 Å². The van der Waals surface area contributed by atoms with E-state index >= 15 is 0 Å². The molecule has 0 aliphatic rings. The monoisotopic (exact) mass is 286 g/mol. The van der Waals surface area contributed by atoms with Crippen molar-refractivity contribution in [1.29, 1.82) is 0 Å². The average molecular weight is 288 g/mol. The van der Waals surface area contributed by atoms with E-state index in [1.54, 1.807) is 6.07 Å². The maximum absolute atomic E-state index is 11.0. The Labute approximate surface area is 115 Å². The van der Waals surface area contributed by atoms with Crippen molar-refractivity contribution in [2.45, 2.75) is 39.5 Å². The van der Waals surface area contributed by atoms with Gasteiger partial charge in [0.2, 0.25) is 0 Å². The molecule has 0 atom stereocenters. The summed E-state index contributed by atoms with van der Waals surface area (Å²) in [7, 11) is 0. The predicted molar refractivity (Wildman–Crippen MR) is 63.2 cm³/mol. The average Bonchev–Trinajstić information content (AvgIpc) is 2.16. The van der Waals surface area contributed by atoms with Crippen LogP contribution in [0.25, 0.3) is 0 Å². The van der Waals surface area contributed by atoms with E-state index < -0.39 is 5.97 Å². The third-order valence-corrected chi connectivity index (χ3v) is 2.68. The van der Waals surface area contributed by atoms with Crippen LogP contribution in [0.4, 0.5) is 0 Å². The van der Waals surface area contributed by atoms with Crippen LogP contribution in [0, 0.1) is 0 Å². The zero-order chi connectivity index (χ0) is 12.5. The number of rotatable bonds is 3. The van der Waals surface area contributed by atoms with E-state index in [0.29, 0.717) is 5.56 Å². The first-order valence-corrected chi connectivity index (χ1v) is 5.44. The minimum Gasteiger partial charge on any atom is -0.507 e. The van der Waals surface area contributed by atoms with E-state index in [9.17, 15) is 9.90 Å². The van der Waals surface area contributed by atoms with Crippen molar-refractivity contribution in [3.05, 3.63) is 28.8 Å². The van der Waals surface area contributed by atoms with Gasteiger partial charge in [0.1, 0.15) is 11.3 Å². The van der Waals surface area contributed by atoms with Crippen molar-refractivity contribution in [2.24, 2.45) is 0 Å². The predicted octanol–water partition coefficient (Wildman–Crippen LogP) is 3.33. The quantitative estimate of drug-likeness (QED) is 0.838. The molecule has 0 aliphatic heterocycles. The van der Waals surface area contributed by atoms with Crippen LogP contribution >= 0.6 is 0 Å². The molecule has 0 spiro atoms. The minimum absolute atomic E-state index is 0. The fourth-order valence-electron chi connectivity index (χ4n) is 1.62. The van der Waals surface area contributed by atoms with Crippen LogP contribution in [-0.2, 0) is 19.5 Å². The fourth-order valence-corrected chi connectivity index (χ4v) is 1.62. The molecule has 0 aliphatic carbocycles. The van der Waals surface area contributed by atoms with Crippen LogP contribution in [0.2, 0.25) is 0 Å².